The van der Waals surface area contributed by atoms with Crippen LogP contribution in [0.1, 0.15) is 110 Å². The molecule has 27 heavy (non-hydrogen) atoms. The van der Waals surface area contributed by atoms with Gasteiger partial charge in [-0.15, -0.1) is 0 Å². The topological polar surface area (TPSA) is 56.5 Å². The smallest absolute Gasteiger partial charge is 0.311 e. The molecule has 0 aromatic carbocycles. The third-order valence-corrected chi connectivity index (χ3v) is 4.92. The lowest BCUT2D eigenvalue weighted by molar-refractivity contribution is -0.134. The zero-order chi connectivity index (χ0) is 19.6. The highest BCUT2D eigenvalue weighted by Gasteiger charge is 2.07. The van der Waals surface area contributed by atoms with Crippen LogP contribution in [0.25, 0.3) is 0 Å². The van der Waals surface area contributed by atoms with E-state index in [4.69, 9.17) is 9.15 Å². The van der Waals surface area contributed by atoms with Gasteiger partial charge in [0.25, 0.3) is 0 Å². The van der Waals surface area contributed by atoms with Crippen molar-refractivity contribution in [2.24, 2.45) is 0 Å². The molecule has 0 bridgehead atoms. The Balaban J connectivity index is 1.83. The minimum atomic E-state index is -0.358. The molecule has 1 aromatic rings. The molecule has 0 aliphatic rings. The van der Waals surface area contributed by atoms with Crippen LogP contribution in [0.3, 0.4) is 0 Å². The summed E-state index contributed by atoms with van der Waals surface area (Å²) in [7, 11) is 0. The molecule has 0 radical (unpaired) electrons. The summed E-state index contributed by atoms with van der Waals surface area (Å²) >= 11 is 0. The number of unbranched alkanes of at least 4 members (excludes halogenated alkanes) is 14. The van der Waals surface area contributed by atoms with Crippen LogP contribution in [0, 0.1) is 0 Å². The molecule has 0 N–H and O–H groups in total. The molecule has 1 heterocycles. The maximum Gasteiger partial charge on any atom is 0.311 e. The van der Waals surface area contributed by atoms with Crippen molar-refractivity contribution in [3.8, 4) is 5.75 Å². The van der Waals surface area contributed by atoms with Gasteiger partial charge in [0.1, 0.15) is 6.26 Å². The van der Waals surface area contributed by atoms with E-state index in [1.165, 1.54) is 95.6 Å². The largest absolute Gasteiger partial charge is 0.468 e. The van der Waals surface area contributed by atoms with Gasteiger partial charge in [0, 0.05) is 12.5 Å². The first-order chi connectivity index (χ1) is 13.2. The van der Waals surface area contributed by atoms with Crippen molar-refractivity contribution < 1.29 is 13.9 Å². The maximum absolute atomic E-state index is 11.7. The van der Waals surface area contributed by atoms with E-state index >= 15 is 0 Å². The van der Waals surface area contributed by atoms with Crippen LogP contribution in [-0.2, 0) is 4.79 Å². The van der Waals surface area contributed by atoms with E-state index in [2.05, 4.69) is 6.92 Å². The molecule has 0 saturated heterocycles. The summed E-state index contributed by atoms with van der Waals surface area (Å²) in [6.07, 6.45) is 22.2. The molecule has 0 saturated carbocycles. The summed E-state index contributed by atoms with van der Waals surface area (Å²) in [5.74, 6) is -0.383. The zero-order valence-corrected chi connectivity index (χ0v) is 17.2. The van der Waals surface area contributed by atoms with E-state index in [0.717, 1.165) is 19.3 Å². The number of ether oxygens (including phenoxy) is 1. The third kappa shape index (κ3) is 13.3. The van der Waals surface area contributed by atoms with Crippen molar-refractivity contribution in [2.75, 3.05) is 0 Å². The van der Waals surface area contributed by atoms with Crippen LogP contribution in [0.2, 0.25) is 0 Å². The molecule has 154 valence electrons. The van der Waals surface area contributed by atoms with Crippen LogP contribution in [0.15, 0.2) is 27.8 Å². The molecule has 0 aliphatic heterocycles. The molecular weight excluding hydrogens is 340 g/mol. The second kappa shape index (κ2) is 16.6. The fourth-order valence-corrected chi connectivity index (χ4v) is 3.23. The molecule has 0 aliphatic carbocycles. The van der Waals surface area contributed by atoms with Crippen molar-refractivity contribution in [1.29, 1.82) is 0 Å². The number of hydrogen-bond acceptors (Lipinski definition) is 4. The Bertz CT molecular complexity index is 535. The molecule has 0 unspecified atom stereocenters. The van der Waals surface area contributed by atoms with E-state index < -0.39 is 0 Å². The Morgan fingerprint density at radius 2 is 1.30 bits per heavy atom. The Hall–Kier alpha value is -1.58. The fraction of sp³-hybridized carbons (Fsp3) is 0.739. The van der Waals surface area contributed by atoms with E-state index in [0.29, 0.717) is 6.42 Å². The van der Waals surface area contributed by atoms with Gasteiger partial charge in [-0.2, -0.15) is 0 Å². The monoisotopic (exact) mass is 378 g/mol. The molecule has 4 nitrogen and oxygen atoms in total. The normalized spacial score (nSPS) is 10.9. The quantitative estimate of drug-likeness (QED) is 0.221. The lowest BCUT2D eigenvalue weighted by atomic mass is 10.0. The second-order valence-corrected chi connectivity index (χ2v) is 7.46. The predicted octanol–water partition coefficient (Wildman–Crippen LogP) is 6.81. The SMILES string of the molecule is CCCCCCCCCCCCCCCCCC(=O)Oc1coccc1=O. The minimum absolute atomic E-state index is 0.0246. The molecular formula is C23H38O4. The molecule has 1 rings (SSSR count). The van der Waals surface area contributed by atoms with Gasteiger partial charge in [0.2, 0.25) is 11.2 Å². The van der Waals surface area contributed by atoms with Gasteiger partial charge in [-0.3, -0.25) is 9.59 Å². The summed E-state index contributed by atoms with van der Waals surface area (Å²) in [5.41, 5.74) is -0.328. The third-order valence-electron chi connectivity index (χ3n) is 4.92. The summed E-state index contributed by atoms with van der Waals surface area (Å²) < 4.78 is 9.86. The lowest BCUT2D eigenvalue weighted by Gasteiger charge is -2.04. The standard InChI is InChI=1S/C23H38O4/c1-2-3-4-5-6-7-8-9-10-11-12-13-14-15-16-17-23(25)27-22-20-26-19-18-21(22)24/h18-20H,2-17H2,1H3. The average molecular weight is 379 g/mol. The van der Waals surface area contributed by atoms with Crippen LogP contribution in [0.5, 0.6) is 5.75 Å². The highest BCUT2D eigenvalue weighted by molar-refractivity contribution is 5.72. The lowest BCUT2D eigenvalue weighted by Crippen LogP contribution is -2.13. The van der Waals surface area contributed by atoms with E-state index in [1.54, 1.807) is 0 Å². The van der Waals surface area contributed by atoms with E-state index in [9.17, 15) is 9.59 Å². The first-order valence-electron chi connectivity index (χ1n) is 11.0. The average Bonchev–Trinajstić information content (AvgIpc) is 2.66. The number of carbonyl (C=O) groups is 1. The fourth-order valence-electron chi connectivity index (χ4n) is 3.23. The van der Waals surface area contributed by atoms with Gasteiger partial charge < -0.3 is 9.15 Å². The van der Waals surface area contributed by atoms with Crippen molar-refractivity contribution in [2.45, 2.75) is 110 Å². The first-order valence-corrected chi connectivity index (χ1v) is 11.0. The van der Waals surface area contributed by atoms with Crippen LogP contribution in [-0.4, -0.2) is 5.97 Å². The summed E-state index contributed by atoms with van der Waals surface area (Å²) in [6.45, 7) is 2.27. The molecule has 0 atom stereocenters. The number of esters is 1. The van der Waals surface area contributed by atoms with Crippen molar-refractivity contribution in [1.82, 2.24) is 0 Å². The van der Waals surface area contributed by atoms with Crippen molar-refractivity contribution in [3.05, 3.63) is 28.8 Å². The van der Waals surface area contributed by atoms with Gasteiger partial charge in [0.15, 0.2) is 0 Å². The summed E-state index contributed by atoms with van der Waals surface area (Å²) in [6, 6.07) is 1.25. The van der Waals surface area contributed by atoms with Crippen LogP contribution in [0.4, 0.5) is 0 Å². The molecule has 0 amide bonds. The Morgan fingerprint density at radius 3 is 1.78 bits per heavy atom. The highest BCUT2D eigenvalue weighted by atomic mass is 16.5. The van der Waals surface area contributed by atoms with Gasteiger partial charge in [-0.1, -0.05) is 96.8 Å². The summed E-state index contributed by atoms with van der Waals surface area (Å²) in [5, 5.41) is 0. The van der Waals surface area contributed by atoms with Crippen molar-refractivity contribution >= 4 is 5.97 Å². The molecule has 0 fully saturated rings. The number of rotatable bonds is 17. The van der Waals surface area contributed by atoms with E-state index in [-0.39, 0.29) is 17.1 Å². The number of hydrogen-bond donors (Lipinski definition) is 0. The minimum Gasteiger partial charge on any atom is -0.468 e. The molecule has 0 spiro atoms. The van der Waals surface area contributed by atoms with Crippen LogP contribution < -0.4 is 10.2 Å². The second-order valence-electron chi connectivity index (χ2n) is 7.46. The zero-order valence-electron chi connectivity index (χ0n) is 17.2. The predicted molar refractivity (Wildman–Crippen MR) is 110 cm³/mol. The molecule has 4 heteroatoms. The van der Waals surface area contributed by atoms with Gasteiger partial charge >= 0.3 is 5.97 Å². The van der Waals surface area contributed by atoms with Gasteiger partial charge in [-0.05, 0) is 6.42 Å². The van der Waals surface area contributed by atoms with Crippen LogP contribution >= 0.6 is 0 Å². The van der Waals surface area contributed by atoms with Gasteiger partial charge in [0.05, 0.1) is 6.26 Å². The van der Waals surface area contributed by atoms with Crippen molar-refractivity contribution in [3.63, 3.8) is 0 Å². The molecule has 1 aromatic heterocycles. The summed E-state index contributed by atoms with van der Waals surface area (Å²) in [4.78, 5) is 23.1. The Labute approximate surface area is 164 Å². The first kappa shape index (κ1) is 23.5. The van der Waals surface area contributed by atoms with Gasteiger partial charge in [-0.25, -0.2) is 0 Å². The van der Waals surface area contributed by atoms with E-state index in [1.807, 2.05) is 0 Å². The Kier molecular flexibility index (Phi) is 14.4. The Morgan fingerprint density at radius 1 is 0.815 bits per heavy atom. The highest BCUT2D eigenvalue weighted by Crippen LogP contribution is 2.14. The number of carbonyl (C=O) groups excluding carboxylic acids is 1. The maximum atomic E-state index is 11.7.